The second-order valence-corrected chi connectivity index (χ2v) is 2.67. The molecule has 0 aliphatic rings. The minimum Gasteiger partial charge on any atom is -0.369 e. The maximum atomic E-state index is 7.25. The van der Waals surface area contributed by atoms with Crippen molar-refractivity contribution >= 4 is 36.7 Å². The van der Waals surface area contributed by atoms with Crippen molar-refractivity contribution in [2.45, 2.75) is 0 Å². The van der Waals surface area contributed by atoms with Crippen LogP contribution in [0.3, 0.4) is 0 Å². The van der Waals surface area contributed by atoms with Crippen LogP contribution in [-0.2, 0) is 0 Å². The van der Waals surface area contributed by atoms with Gasteiger partial charge in [-0.1, -0.05) is 0 Å². The summed E-state index contributed by atoms with van der Waals surface area (Å²) in [6.07, 6.45) is 0. The van der Waals surface area contributed by atoms with E-state index in [1.165, 1.54) is 0 Å². The molecule has 0 aromatic rings. The van der Waals surface area contributed by atoms with E-state index in [-0.39, 0.29) is 30.8 Å². The lowest BCUT2D eigenvalue weighted by Crippen LogP contribution is -2.34. The van der Waals surface area contributed by atoms with Gasteiger partial charge in [0, 0.05) is 28.2 Å². The van der Waals surface area contributed by atoms with Crippen molar-refractivity contribution in [1.82, 2.24) is 9.80 Å². The molecule has 0 saturated heterocycles. The first-order chi connectivity index (χ1) is 5.82. The van der Waals surface area contributed by atoms with Gasteiger partial charge in [-0.05, 0) is 0 Å². The van der Waals surface area contributed by atoms with Gasteiger partial charge >= 0.3 is 0 Å². The Bertz CT molecular complexity index is 166. The molecule has 0 saturated carbocycles. The Morgan fingerprint density at radius 2 is 1.20 bits per heavy atom. The van der Waals surface area contributed by atoms with Crippen LogP contribution in [0.4, 0.5) is 0 Å². The van der Waals surface area contributed by atoms with Crippen molar-refractivity contribution in [2.75, 3.05) is 28.2 Å². The summed E-state index contributed by atoms with van der Waals surface area (Å²) in [6, 6.07) is 0. The van der Waals surface area contributed by atoms with Crippen LogP contribution in [0.25, 0.3) is 0 Å². The Balaban J connectivity index is -0.0000000770. The molecule has 0 aliphatic heterocycles. The second-order valence-electron chi connectivity index (χ2n) is 2.67. The van der Waals surface area contributed by atoms with Gasteiger partial charge in [0.05, 0.1) is 0 Å². The third-order valence-corrected chi connectivity index (χ3v) is 0.996. The van der Waals surface area contributed by atoms with Crippen molar-refractivity contribution in [2.24, 2.45) is 22.4 Å². The second kappa shape index (κ2) is 12.9. The topological polar surface area (TPSA) is 121 Å². The van der Waals surface area contributed by atoms with Crippen molar-refractivity contribution in [3.8, 4) is 0 Å². The standard InChI is InChI=1S/C5H13N3.CH6N4.2ClH/c1-7(2)5(6)8(3)4;2-1(3)5-4;;/h6H,1-4H3;4H2,(H4,2,3,5);2*1H. The molecule has 94 valence electrons. The van der Waals surface area contributed by atoms with E-state index in [1.54, 1.807) is 9.80 Å². The number of hydrazone groups is 1. The average molecular weight is 262 g/mol. The Morgan fingerprint density at radius 3 is 1.20 bits per heavy atom. The van der Waals surface area contributed by atoms with Gasteiger partial charge in [-0.2, -0.15) is 0 Å². The quantitative estimate of drug-likeness (QED) is 0.193. The van der Waals surface area contributed by atoms with Gasteiger partial charge in [-0.25, -0.2) is 0 Å². The SMILES string of the molecule is CN(C)C(=N)N(C)C.Cl.Cl.NN=C(N)N. The maximum Gasteiger partial charge on any atom is 0.208 e. The number of guanidine groups is 2. The van der Waals surface area contributed by atoms with Crippen molar-refractivity contribution < 1.29 is 0 Å². The number of nitrogens with one attached hydrogen (secondary N) is 1. The molecule has 0 heterocycles. The van der Waals surface area contributed by atoms with Crippen LogP contribution in [0, 0.1) is 5.41 Å². The summed E-state index contributed by atoms with van der Waals surface area (Å²) in [5, 5.41) is 10.1. The molecule has 7 nitrogen and oxygen atoms in total. The number of hydrogen-bond donors (Lipinski definition) is 4. The fraction of sp³-hybridized carbons (Fsp3) is 0.667. The zero-order valence-electron chi connectivity index (χ0n) is 9.39. The van der Waals surface area contributed by atoms with E-state index in [0.29, 0.717) is 5.96 Å². The molecule has 0 unspecified atom stereocenters. The third-order valence-electron chi connectivity index (χ3n) is 0.996. The lowest BCUT2D eigenvalue weighted by molar-refractivity contribution is 0.478. The molecule has 15 heavy (non-hydrogen) atoms. The summed E-state index contributed by atoms with van der Waals surface area (Å²) in [6.45, 7) is 0. The zero-order chi connectivity index (χ0) is 11.0. The molecule has 9 heteroatoms. The van der Waals surface area contributed by atoms with Gasteiger partial charge in [0.15, 0.2) is 5.96 Å². The minimum absolute atomic E-state index is 0. The molecule has 0 aromatic carbocycles. The van der Waals surface area contributed by atoms with E-state index in [2.05, 4.69) is 10.9 Å². The van der Waals surface area contributed by atoms with Crippen LogP contribution in [0.15, 0.2) is 5.10 Å². The predicted octanol–water partition coefficient (Wildman–Crippen LogP) is -0.979. The van der Waals surface area contributed by atoms with Crippen molar-refractivity contribution in [3.05, 3.63) is 0 Å². The number of rotatable bonds is 0. The van der Waals surface area contributed by atoms with Crippen LogP contribution in [0.2, 0.25) is 0 Å². The molecule has 0 atom stereocenters. The smallest absolute Gasteiger partial charge is 0.208 e. The first-order valence-corrected chi connectivity index (χ1v) is 3.55. The molecule has 7 N–H and O–H groups in total. The predicted molar refractivity (Wildman–Crippen MR) is 69.6 cm³/mol. The summed E-state index contributed by atoms with van der Waals surface area (Å²) in [7, 11) is 7.40. The summed E-state index contributed by atoms with van der Waals surface area (Å²) >= 11 is 0. The van der Waals surface area contributed by atoms with Crippen molar-refractivity contribution in [3.63, 3.8) is 0 Å². The van der Waals surface area contributed by atoms with Crippen LogP contribution in [0.1, 0.15) is 0 Å². The Kier molecular flexibility index (Phi) is 20.3. The van der Waals surface area contributed by atoms with Gasteiger partial charge < -0.3 is 27.1 Å². The highest BCUT2D eigenvalue weighted by Crippen LogP contribution is 1.80. The third kappa shape index (κ3) is 19.4. The van der Waals surface area contributed by atoms with Crippen LogP contribution >= 0.6 is 24.8 Å². The summed E-state index contributed by atoms with van der Waals surface area (Å²) in [4.78, 5) is 3.50. The van der Waals surface area contributed by atoms with Crippen molar-refractivity contribution in [1.29, 1.82) is 5.41 Å². The number of halogens is 2. The molecule has 0 radical (unpaired) electrons. The van der Waals surface area contributed by atoms with E-state index in [0.717, 1.165) is 0 Å². The molecule has 0 bridgehead atoms. The first kappa shape index (κ1) is 23.6. The monoisotopic (exact) mass is 261 g/mol. The number of hydrogen-bond acceptors (Lipinski definition) is 3. The molecular weight excluding hydrogens is 241 g/mol. The van der Waals surface area contributed by atoms with E-state index in [1.807, 2.05) is 28.2 Å². The average Bonchev–Trinajstić information content (AvgIpc) is 2.03. The number of nitrogens with two attached hydrogens (primary N) is 3. The van der Waals surface area contributed by atoms with Gasteiger partial charge in [0.2, 0.25) is 5.96 Å². The fourth-order valence-corrected chi connectivity index (χ4v) is 0.400. The highest BCUT2D eigenvalue weighted by Gasteiger charge is 1.97. The molecule has 0 spiro atoms. The first-order valence-electron chi connectivity index (χ1n) is 3.55. The Hall–Kier alpha value is -1.08. The van der Waals surface area contributed by atoms with Crippen LogP contribution in [0.5, 0.6) is 0 Å². The zero-order valence-corrected chi connectivity index (χ0v) is 11.0. The summed E-state index contributed by atoms with van der Waals surface area (Å²) in [5.74, 6) is 4.94. The molecular formula is C6H21Cl2N7. The van der Waals surface area contributed by atoms with Crippen LogP contribution < -0.4 is 17.3 Å². The van der Waals surface area contributed by atoms with E-state index >= 15 is 0 Å². The summed E-state index contributed by atoms with van der Waals surface area (Å²) in [5.41, 5.74) is 9.39. The highest BCUT2D eigenvalue weighted by molar-refractivity contribution is 5.85. The van der Waals surface area contributed by atoms with E-state index < -0.39 is 0 Å². The van der Waals surface area contributed by atoms with Gasteiger partial charge in [0.1, 0.15) is 0 Å². The van der Waals surface area contributed by atoms with Gasteiger partial charge in [-0.3, -0.25) is 5.41 Å². The molecule has 0 amide bonds. The lowest BCUT2D eigenvalue weighted by Gasteiger charge is -2.19. The van der Waals surface area contributed by atoms with Crippen LogP contribution in [-0.4, -0.2) is 49.9 Å². The molecule has 0 rings (SSSR count). The molecule has 0 aliphatic carbocycles. The maximum absolute atomic E-state index is 7.25. The van der Waals surface area contributed by atoms with Gasteiger partial charge in [0.25, 0.3) is 0 Å². The highest BCUT2D eigenvalue weighted by atomic mass is 35.5. The fourth-order valence-electron chi connectivity index (χ4n) is 0.400. The Labute approximate surface area is 103 Å². The lowest BCUT2D eigenvalue weighted by atomic mass is 10.7. The molecule has 0 aromatic heterocycles. The summed E-state index contributed by atoms with van der Waals surface area (Å²) < 4.78 is 0. The largest absolute Gasteiger partial charge is 0.369 e. The molecule has 0 fully saturated rings. The number of nitrogens with zero attached hydrogens (tertiary/aromatic N) is 3. The minimum atomic E-state index is -0.0926. The van der Waals surface area contributed by atoms with E-state index in [9.17, 15) is 0 Å². The van der Waals surface area contributed by atoms with E-state index in [4.69, 9.17) is 16.9 Å². The Morgan fingerprint density at radius 1 is 1.00 bits per heavy atom. The normalized spacial score (nSPS) is 6.67. The van der Waals surface area contributed by atoms with Gasteiger partial charge in [-0.15, -0.1) is 29.9 Å².